The van der Waals surface area contributed by atoms with Crippen molar-refractivity contribution in [3.05, 3.63) is 83.4 Å². The summed E-state index contributed by atoms with van der Waals surface area (Å²) >= 11 is 0. The Labute approximate surface area is 690 Å². The summed E-state index contributed by atoms with van der Waals surface area (Å²) in [6.45, 7) is 25.9. The third-order valence-corrected chi connectivity index (χ3v) is 23.6. The number of Topliss-reactive ketones (excluding diaryl/α,β-unsaturated/α-hetero) is 10. The molecule has 0 saturated heterocycles. The topological polar surface area (TPSA) is 263 Å². The lowest BCUT2D eigenvalue weighted by atomic mass is 9.82. The number of methoxy groups -OCH3 is 2. The van der Waals surface area contributed by atoms with Crippen molar-refractivity contribution in [2.75, 3.05) is 133 Å². The molecule has 0 bridgehead atoms. The molecule has 20 heteroatoms. The molecule has 0 heterocycles. The van der Waals surface area contributed by atoms with E-state index in [2.05, 4.69) is 48.1 Å². The molecular weight excluding hydrogens is 1460 g/mol. The molecule has 10 atom stereocenters. The van der Waals surface area contributed by atoms with E-state index in [4.69, 9.17) is 47.4 Å². The Kier molecular flexibility index (Phi) is 50.1. The summed E-state index contributed by atoms with van der Waals surface area (Å²) in [7, 11) is 3.26. The van der Waals surface area contributed by atoms with E-state index in [-0.39, 0.29) is 107 Å². The second kappa shape index (κ2) is 57.6. The van der Waals surface area contributed by atoms with Crippen LogP contribution in [-0.2, 0) is 96.6 Å². The second-order valence-corrected chi connectivity index (χ2v) is 34.9. The van der Waals surface area contributed by atoms with Crippen LogP contribution in [0.1, 0.15) is 286 Å². The van der Waals surface area contributed by atoms with E-state index in [9.17, 15) is 47.9 Å². The van der Waals surface area contributed by atoms with E-state index in [1.54, 1.807) is 14.2 Å². The van der Waals surface area contributed by atoms with Crippen molar-refractivity contribution in [3.8, 4) is 0 Å². The molecule has 0 radical (unpaired) electrons. The average Bonchev–Trinajstić information content (AvgIpc) is 1.62. The highest BCUT2D eigenvalue weighted by molar-refractivity contribution is 6.13. The predicted molar refractivity (Wildman–Crippen MR) is 448 cm³/mol. The largest absolute Gasteiger partial charge is 0.384 e. The number of allylic oxidation sites excluding steroid dienone is 1. The third-order valence-electron chi connectivity index (χ3n) is 23.6. The highest BCUT2D eigenvalue weighted by Crippen LogP contribution is 2.53. The first-order valence-electron chi connectivity index (χ1n) is 44.0. The Balaban J connectivity index is 0.000000411. The highest BCUT2D eigenvalue weighted by Gasteiger charge is 2.53. The molecule has 4 fully saturated rings. The van der Waals surface area contributed by atoms with Crippen molar-refractivity contribution in [1.82, 2.24) is 0 Å². The van der Waals surface area contributed by atoms with Gasteiger partial charge in [-0.15, -0.1) is 6.58 Å². The summed E-state index contributed by atoms with van der Waals surface area (Å²) in [5, 5.41) is 0. The zero-order valence-corrected chi connectivity index (χ0v) is 72.2. The Morgan fingerprint density at radius 3 is 1.05 bits per heavy atom. The van der Waals surface area contributed by atoms with Gasteiger partial charge in [-0.2, -0.15) is 0 Å². The Bertz CT molecular complexity index is 3160. The van der Waals surface area contributed by atoms with Crippen LogP contribution < -0.4 is 0 Å². The normalized spacial score (nSPS) is 19.7. The van der Waals surface area contributed by atoms with Gasteiger partial charge >= 0.3 is 0 Å². The van der Waals surface area contributed by atoms with E-state index in [1.807, 2.05) is 61.5 Å². The van der Waals surface area contributed by atoms with Crippen molar-refractivity contribution >= 4 is 57.8 Å². The Morgan fingerprint density at radius 1 is 0.391 bits per heavy atom. The summed E-state index contributed by atoms with van der Waals surface area (Å²) in [6, 6.07) is 15.7. The summed E-state index contributed by atoms with van der Waals surface area (Å²) in [6.07, 6.45) is 26.8. The first kappa shape index (κ1) is 100. The molecule has 2 aromatic rings. The summed E-state index contributed by atoms with van der Waals surface area (Å²) in [5.41, 5.74) is 3.71. The quantitative estimate of drug-likeness (QED) is 0.0258. The SMILES string of the molecule is C=CCCCC(COC)CC(=O)COCC(=O)CCCCOCCOCCOCCCCC(=O)CCCCC1CCC2C(C(=O)c3ccc(C(C)(C)C)cc3)C(=O)CC12.CCC(COC)CC(=O)COCC(=O)CCCCOCCOCCOCCCCC(=O)CCCCC1CCC2C(C(=O)c3ccc(C(C)(C)C)cc3)C(=O)CC12. The minimum atomic E-state index is -0.488. The lowest BCUT2D eigenvalue weighted by molar-refractivity contribution is -0.131. The fourth-order valence-electron chi connectivity index (χ4n) is 17.0. The minimum Gasteiger partial charge on any atom is -0.384 e. The lowest BCUT2D eigenvalue weighted by Gasteiger charge is -2.21. The lowest BCUT2D eigenvalue weighted by Crippen LogP contribution is -2.25. The van der Waals surface area contributed by atoms with Crippen molar-refractivity contribution < 1.29 is 95.3 Å². The van der Waals surface area contributed by atoms with Crippen LogP contribution in [0.2, 0.25) is 0 Å². The van der Waals surface area contributed by atoms with Gasteiger partial charge in [0.2, 0.25) is 0 Å². The van der Waals surface area contributed by atoms with Crippen LogP contribution >= 0.6 is 0 Å². The Hall–Kier alpha value is -5.52. The van der Waals surface area contributed by atoms with Gasteiger partial charge in [0.25, 0.3) is 0 Å². The molecule has 20 nitrogen and oxygen atoms in total. The number of unbranched alkanes of at least 4 members (excludes halogenated alkanes) is 7. The van der Waals surface area contributed by atoms with Crippen molar-refractivity contribution in [2.24, 2.45) is 59.2 Å². The van der Waals surface area contributed by atoms with Crippen LogP contribution in [0.15, 0.2) is 61.2 Å². The second-order valence-electron chi connectivity index (χ2n) is 34.9. The molecule has 648 valence electrons. The molecule has 10 unspecified atom stereocenters. The molecule has 4 aliphatic carbocycles. The molecule has 0 aromatic heterocycles. The van der Waals surface area contributed by atoms with Crippen LogP contribution in [0.3, 0.4) is 0 Å². The maximum absolute atomic E-state index is 13.4. The molecule has 0 amide bonds. The van der Waals surface area contributed by atoms with Gasteiger partial charge in [-0.05, 0) is 178 Å². The standard InChI is InChI=1S/C49H76O10.C46H72O10/c1-6-7-8-15-37(34-55-5)32-43(52)36-59-35-42(51)19-12-14-27-57-29-31-58-30-28-56-26-13-11-18-41(50)17-10-9-16-38-22-25-44-45(38)33-46(53)47(44)48(54)39-20-23-40(24-21-39)49(2,3)4;1-6-34(31-52-5)29-40(49)33-56-32-39(48)16-10-12-24-54-26-28-55-27-25-53-23-11-9-15-38(47)14-8-7-13-35-19-22-41-42(35)30-43(50)44(41)45(51)36-17-20-37(21-18-36)46(2,3)4/h6,20-21,23-24,37-38,44-45,47H,1,7-19,22,25-36H2,2-5H3;17-18,20-21,34-35,41-42,44H,6-16,19,22-33H2,1-5H3. The fourth-order valence-corrected chi connectivity index (χ4v) is 17.0. The van der Waals surface area contributed by atoms with Crippen LogP contribution in [0, 0.1) is 59.2 Å². The van der Waals surface area contributed by atoms with E-state index in [0.29, 0.717) is 216 Å². The predicted octanol–water partition coefficient (Wildman–Crippen LogP) is 17.2. The maximum Gasteiger partial charge on any atom is 0.173 e. The summed E-state index contributed by atoms with van der Waals surface area (Å²) < 4.78 is 54.6. The zero-order valence-electron chi connectivity index (χ0n) is 72.2. The van der Waals surface area contributed by atoms with Gasteiger partial charge < -0.3 is 47.4 Å². The summed E-state index contributed by atoms with van der Waals surface area (Å²) in [5.74, 6) is 2.12. The smallest absolute Gasteiger partial charge is 0.173 e. The van der Waals surface area contributed by atoms with E-state index in [0.717, 1.165) is 128 Å². The molecule has 0 spiro atoms. The number of hydrogen-bond donors (Lipinski definition) is 0. The fraction of sp³-hybridized carbons (Fsp3) is 0.747. The van der Waals surface area contributed by atoms with Crippen molar-refractivity contribution in [3.63, 3.8) is 0 Å². The number of carbonyl (C=O) groups is 10. The molecule has 0 aliphatic heterocycles. The minimum absolute atomic E-state index is 0.000312. The highest BCUT2D eigenvalue weighted by atomic mass is 16.6. The maximum atomic E-state index is 13.4. The first-order chi connectivity index (χ1) is 55.4. The number of fused-ring (bicyclic) bond motifs is 2. The van der Waals surface area contributed by atoms with Gasteiger partial charge in [-0.25, -0.2) is 0 Å². The van der Waals surface area contributed by atoms with E-state index < -0.39 is 11.8 Å². The summed E-state index contributed by atoms with van der Waals surface area (Å²) in [4.78, 5) is 126. The monoisotopic (exact) mass is 1610 g/mol. The number of benzene rings is 2. The molecule has 2 aromatic carbocycles. The van der Waals surface area contributed by atoms with Crippen LogP contribution in [0.5, 0.6) is 0 Å². The molecule has 4 aliphatic rings. The van der Waals surface area contributed by atoms with Crippen LogP contribution in [-0.4, -0.2) is 191 Å². The Morgan fingerprint density at radius 2 is 0.713 bits per heavy atom. The molecule has 0 N–H and O–H groups in total. The van der Waals surface area contributed by atoms with Gasteiger partial charge in [-0.3, -0.25) is 47.9 Å². The van der Waals surface area contributed by atoms with Crippen molar-refractivity contribution in [2.45, 2.75) is 265 Å². The van der Waals surface area contributed by atoms with Gasteiger partial charge in [0, 0.05) is 129 Å². The van der Waals surface area contributed by atoms with E-state index >= 15 is 0 Å². The van der Waals surface area contributed by atoms with Gasteiger partial charge in [0.1, 0.15) is 49.6 Å². The van der Waals surface area contributed by atoms with Gasteiger partial charge in [0.05, 0.1) is 64.7 Å². The first-order valence-corrected chi connectivity index (χ1v) is 44.0. The number of rotatable bonds is 67. The van der Waals surface area contributed by atoms with Crippen LogP contribution in [0.4, 0.5) is 0 Å². The number of carbonyl (C=O) groups excluding carboxylic acids is 10. The number of hydrogen-bond acceptors (Lipinski definition) is 20. The van der Waals surface area contributed by atoms with E-state index in [1.165, 1.54) is 11.1 Å². The van der Waals surface area contributed by atoms with Crippen LogP contribution in [0.25, 0.3) is 0 Å². The zero-order chi connectivity index (χ0) is 83.6. The molecule has 115 heavy (non-hydrogen) atoms. The molecule has 6 rings (SSSR count). The number of ether oxygens (including phenoxy) is 10. The van der Waals surface area contributed by atoms with Gasteiger partial charge in [-0.1, -0.05) is 135 Å². The number of ketones is 10. The molecular formula is C95H148O20. The molecule has 4 saturated carbocycles. The van der Waals surface area contributed by atoms with Gasteiger partial charge in [0.15, 0.2) is 34.7 Å². The average molecular weight is 1610 g/mol. The van der Waals surface area contributed by atoms with Crippen molar-refractivity contribution in [1.29, 1.82) is 0 Å². The third kappa shape index (κ3) is 39.9.